The molecular weight excluding hydrogens is 306 g/mol. The summed E-state index contributed by atoms with van der Waals surface area (Å²) in [4.78, 5) is 4.46. The molecule has 2 N–H and O–H groups in total. The first-order valence-electron chi connectivity index (χ1n) is 7.10. The maximum atomic E-state index is 6.32. The summed E-state index contributed by atoms with van der Waals surface area (Å²) in [5.41, 5.74) is 7.18. The van der Waals surface area contributed by atoms with Crippen LogP contribution in [0.3, 0.4) is 0 Å². The van der Waals surface area contributed by atoms with Gasteiger partial charge in [0, 0.05) is 10.8 Å². The molecule has 6 heteroatoms. The lowest BCUT2D eigenvalue weighted by molar-refractivity contribution is 0.355. The quantitative estimate of drug-likeness (QED) is 0.904. The Bertz CT molecular complexity index is 593. The second kappa shape index (κ2) is 6.38. The summed E-state index contributed by atoms with van der Waals surface area (Å²) < 4.78 is 5.32. The molecule has 21 heavy (non-hydrogen) atoms. The Hall–Kier alpha value is -1.04. The summed E-state index contributed by atoms with van der Waals surface area (Å²) in [6.45, 7) is 0. The van der Waals surface area contributed by atoms with Crippen molar-refractivity contribution in [2.75, 3.05) is 0 Å². The van der Waals surface area contributed by atoms with Crippen LogP contribution in [0.4, 0.5) is 0 Å². The van der Waals surface area contributed by atoms with E-state index < -0.39 is 0 Å². The van der Waals surface area contributed by atoms with Gasteiger partial charge in [-0.1, -0.05) is 41.7 Å². The Morgan fingerprint density at radius 1 is 1.19 bits per heavy atom. The fraction of sp³-hybridized carbons (Fsp3) is 0.467. The van der Waals surface area contributed by atoms with E-state index in [0.29, 0.717) is 17.5 Å². The summed E-state index contributed by atoms with van der Waals surface area (Å²) in [5, 5.41) is 4.82. The van der Waals surface area contributed by atoms with Gasteiger partial charge in [0.15, 0.2) is 5.82 Å². The molecule has 1 aliphatic carbocycles. The van der Waals surface area contributed by atoms with Gasteiger partial charge in [0.05, 0.1) is 11.3 Å². The molecule has 1 saturated carbocycles. The van der Waals surface area contributed by atoms with Gasteiger partial charge in [0.1, 0.15) is 0 Å². The zero-order valence-corrected chi connectivity index (χ0v) is 13.3. The number of nitrogens with two attached hydrogens (primary N) is 1. The molecule has 4 nitrogen and oxygen atoms in total. The van der Waals surface area contributed by atoms with Crippen LogP contribution in [-0.2, 0) is 17.0 Å². The summed E-state index contributed by atoms with van der Waals surface area (Å²) in [6, 6.07) is 7.87. The molecule has 0 unspecified atom stereocenters. The summed E-state index contributed by atoms with van der Waals surface area (Å²) in [7, 11) is 0. The summed E-state index contributed by atoms with van der Waals surface area (Å²) >= 11 is 7.61. The van der Waals surface area contributed by atoms with E-state index in [0.717, 1.165) is 36.5 Å². The lowest BCUT2D eigenvalue weighted by Crippen LogP contribution is -2.34. The second-order valence-corrected chi connectivity index (χ2v) is 6.92. The lowest BCUT2D eigenvalue weighted by atomic mass is 9.99. The van der Waals surface area contributed by atoms with Crippen LogP contribution in [-0.4, -0.2) is 10.1 Å². The van der Waals surface area contributed by atoms with Gasteiger partial charge in [-0.3, -0.25) is 0 Å². The third kappa shape index (κ3) is 3.59. The first kappa shape index (κ1) is 14.9. The van der Waals surface area contributed by atoms with Gasteiger partial charge in [0.25, 0.3) is 0 Å². The molecule has 1 fully saturated rings. The van der Waals surface area contributed by atoms with Crippen molar-refractivity contribution >= 4 is 23.4 Å². The highest BCUT2D eigenvalue weighted by Gasteiger charge is 2.35. The van der Waals surface area contributed by atoms with Crippen LogP contribution < -0.4 is 5.73 Å². The molecule has 0 saturated heterocycles. The van der Waals surface area contributed by atoms with Gasteiger partial charge in [-0.05, 0) is 30.5 Å². The Morgan fingerprint density at radius 2 is 1.90 bits per heavy atom. The predicted octanol–water partition coefficient (Wildman–Crippen LogP) is 3.88. The minimum atomic E-state index is -0.372. The fourth-order valence-electron chi connectivity index (χ4n) is 2.58. The van der Waals surface area contributed by atoms with E-state index in [2.05, 4.69) is 10.1 Å². The lowest BCUT2D eigenvalue weighted by Gasteiger charge is -2.17. The van der Waals surface area contributed by atoms with E-state index in [9.17, 15) is 0 Å². The topological polar surface area (TPSA) is 64.9 Å². The molecule has 1 heterocycles. The van der Waals surface area contributed by atoms with E-state index in [1.54, 1.807) is 11.8 Å². The maximum absolute atomic E-state index is 6.32. The standard InChI is InChI=1S/C15H18ClN3OS/c16-12-5-3-11(4-6-12)9-21-10-13-18-14(19-20-13)15(17)7-1-2-8-15/h3-6H,1-2,7-10,17H2. The molecule has 0 aliphatic heterocycles. The number of nitrogens with zero attached hydrogens (tertiary/aromatic N) is 2. The predicted molar refractivity (Wildman–Crippen MR) is 85.1 cm³/mol. The average molecular weight is 324 g/mol. The molecule has 1 aliphatic rings. The van der Waals surface area contributed by atoms with Crippen LogP contribution in [0.15, 0.2) is 28.8 Å². The van der Waals surface area contributed by atoms with Gasteiger partial charge in [-0.2, -0.15) is 4.98 Å². The smallest absolute Gasteiger partial charge is 0.236 e. The van der Waals surface area contributed by atoms with Crippen molar-refractivity contribution in [2.45, 2.75) is 42.7 Å². The van der Waals surface area contributed by atoms with Crippen molar-refractivity contribution < 1.29 is 4.52 Å². The Balaban J connectivity index is 1.54. The van der Waals surface area contributed by atoms with Crippen LogP contribution in [0.5, 0.6) is 0 Å². The number of benzene rings is 1. The van der Waals surface area contributed by atoms with Crippen molar-refractivity contribution in [1.82, 2.24) is 10.1 Å². The van der Waals surface area contributed by atoms with Gasteiger partial charge < -0.3 is 10.3 Å². The largest absolute Gasteiger partial charge is 0.338 e. The SMILES string of the molecule is NC1(c2noc(CSCc3ccc(Cl)cc3)n2)CCCC1. The third-order valence-electron chi connectivity index (χ3n) is 3.82. The number of hydrogen-bond donors (Lipinski definition) is 1. The van der Waals surface area contributed by atoms with E-state index in [1.807, 2.05) is 24.3 Å². The van der Waals surface area contributed by atoms with Crippen molar-refractivity contribution in [2.24, 2.45) is 5.73 Å². The van der Waals surface area contributed by atoms with Gasteiger partial charge in [-0.25, -0.2) is 0 Å². The van der Waals surface area contributed by atoms with Crippen molar-refractivity contribution in [3.8, 4) is 0 Å². The minimum absolute atomic E-state index is 0.372. The Labute approximate surface area is 133 Å². The van der Waals surface area contributed by atoms with E-state index in [-0.39, 0.29) is 5.54 Å². The third-order valence-corrected chi connectivity index (χ3v) is 5.06. The minimum Gasteiger partial charge on any atom is -0.338 e. The van der Waals surface area contributed by atoms with Crippen molar-refractivity contribution in [3.63, 3.8) is 0 Å². The Morgan fingerprint density at radius 3 is 2.62 bits per heavy atom. The average Bonchev–Trinajstić information content (AvgIpc) is 3.11. The first-order valence-corrected chi connectivity index (χ1v) is 8.63. The van der Waals surface area contributed by atoms with Crippen LogP contribution in [0.2, 0.25) is 5.02 Å². The molecular formula is C15H18ClN3OS. The van der Waals surface area contributed by atoms with Crippen LogP contribution >= 0.6 is 23.4 Å². The van der Waals surface area contributed by atoms with E-state index in [1.165, 1.54) is 5.56 Å². The van der Waals surface area contributed by atoms with E-state index >= 15 is 0 Å². The highest BCUT2D eigenvalue weighted by molar-refractivity contribution is 7.97. The molecule has 1 aromatic heterocycles. The van der Waals surface area contributed by atoms with Gasteiger partial charge in [-0.15, -0.1) is 11.8 Å². The molecule has 3 rings (SSSR count). The van der Waals surface area contributed by atoms with Crippen molar-refractivity contribution in [3.05, 3.63) is 46.6 Å². The molecule has 0 spiro atoms. The normalized spacial score (nSPS) is 17.2. The first-order chi connectivity index (χ1) is 10.2. The van der Waals surface area contributed by atoms with Crippen LogP contribution in [0, 0.1) is 0 Å². The number of thioether (sulfide) groups is 1. The molecule has 0 radical (unpaired) electrons. The number of rotatable bonds is 5. The number of aromatic nitrogens is 2. The molecule has 0 atom stereocenters. The van der Waals surface area contributed by atoms with Gasteiger partial charge >= 0.3 is 0 Å². The van der Waals surface area contributed by atoms with E-state index in [4.69, 9.17) is 21.9 Å². The summed E-state index contributed by atoms with van der Waals surface area (Å²) in [6.07, 6.45) is 4.19. The second-order valence-electron chi connectivity index (χ2n) is 5.49. The molecule has 2 aromatic rings. The van der Waals surface area contributed by atoms with Gasteiger partial charge in [0.2, 0.25) is 5.89 Å². The fourth-order valence-corrected chi connectivity index (χ4v) is 3.53. The zero-order valence-electron chi connectivity index (χ0n) is 11.7. The molecule has 1 aromatic carbocycles. The highest BCUT2D eigenvalue weighted by Crippen LogP contribution is 2.34. The van der Waals surface area contributed by atoms with Crippen LogP contribution in [0.25, 0.3) is 0 Å². The number of halogens is 1. The number of hydrogen-bond acceptors (Lipinski definition) is 5. The highest BCUT2D eigenvalue weighted by atomic mass is 35.5. The maximum Gasteiger partial charge on any atom is 0.236 e. The Kier molecular flexibility index (Phi) is 4.52. The summed E-state index contributed by atoms with van der Waals surface area (Å²) in [5.74, 6) is 2.91. The van der Waals surface area contributed by atoms with Crippen molar-refractivity contribution in [1.29, 1.82) is 0 Å². The van der Waals surface area contributed by atoms with Crippen LogP contribution in [0.1, 0.15) is 43.0 Å². The molecule has 0 bridgehead atoms. The monoisotopic (exact) mass is 323 g/mol. The molecule has 112 valence electrons. The molecule has 0 amide bonds. The zero-order chi connectivity index (χ0) is 14.7.